The van der Waals surface area contributed by atoms with Crippen LogP contribution in [-0.2, 0) is 0 Å². The number of rotatable bonds is 2. The number of nitrogens with zero attached hydrogens (tertiary/aromatic N) is 4. The standard InChI is InChI=1S/C14H12N4/c1-11-16-17-14(13-9-5-6-10-15-13)18(11)12-7-3-2-4-8-12/h2-10H,1H3. The highest BCUT2D eigenvalue weighted by atomic mass is 15.3. The van der Waals surface area contributed by atoms with Crippen LogP contribution in [0.15, 0.2) is 54.7 Å². The number of hydrogen-bond acceptors (Lipinski definition) is 3. The van der Waals surface area contributed by atoms with Crippen molar-refractivity contribution in [1.82, 2.24) is 19.7 Å². The summed E-state index contributed by atoms with van der Waals surface area (Å²) in [7, 11) is 0. The summed E-state index contributed by atoms with van der Waals surface area (Å²) in [5.74, 6) is 1.61. The molecule has 18 heavy (non-hydrogen) atoms. The molecule has 3 aromatic rings. The fraction of sp³-hybridized carbons (Fsp3) is 0.0714. The smallest absolute Gasteiger partial charge is 0.187 e. The fourth-order valence-corrected chi connectivity index (χ4v) is 1.91. The first-order valence-electron chi connectivity index (χ1n) is 5.75. The quantitative estimate of drug-likeness (QED) is 0.687. The number of para-hydroxylation sites is 1. The maximum Gasteiger partial charge on any atom is 0.187 e. The Morgan fingerprint density at radius 2 is 1.67 bits per heavy atom. The van der Waals surface area contributed by atoms with E-state index in [9.17, 15) is 0 Å². The van der Waals surface area contributed by atoms with Crippen LogP contribution in [0.25, 0.3) is 17.2 Å². The lowest BCUT2D eigenvalue weighted by atomic mass is 10.3. The molecule has 0 unspecified atom stereocenters. The monoisotopic (exact) mass is 236 g/mol. The van der Waals surface area contributed by atoms with Gasteiger partial charge in [0, 0.05) is 11.9 Å². The predicted octanol–water partition coefficient (Wildman–Crippen LogP) is 2.64. The van der Waals surface area contributed by atoms with Crippen LogP contribution in [0, 0.1) is 6.92 Å². The third kappa shape index (κ3) is 1.78. The molecular formula is C14H12N4. The molecule has 0 aliphatic carbocycles. The second-order valence-corrected chi connectivity index (χ2v) is 3.96. The van der Waals surface area contributed by atoms with E-state index in [4.69, 9.17) is 0 Å². The van der Waals surface area contributed by atoms with Gasteiger partial charge in [-0.15, -0.1) is 10.2 Å². The van der Waals surface area contributed by atoms with Crippen LogP contribution in [0.1, 0.15) is 5.82 Å². The Hall–Kier alpha value is -2.49. The molecular weight excluding hydrogens is 224 g/mol. The van der Waals surface area contributed by atoms with Crippen molar-refractivity contribution in [1.29, 1.82) is 0 Å². The molecule has 3 rings (SSSR count). The molecule has 0 amide bonds. The summed E-state index contributed by atoms with van der Waals surface area (Å²) in [5.41, 5.74) is 1.86. The van der Waals surface area contributed by atoms with Gasteiger partial charge in [-0.25, -0.2) is 0 Å². The normalized spacial score (nSPS) is 10.5. The van der Waals surface area contributed by atoms with Gasteiger partial charge in [0.25, 0.3) is 0 Å². The van der Waals surface area contributed by atoms with Gasteiger partial charge >= 0.3 is 0 Å². The average molecular weight is 236 g/mol. The van der Waals surface area contributed by atoms with Gasteiger partial charge in [0.05, 0.1) is 0 Å². The third-order valence-electron chi connectivity index (χ3n) is 2.73. The predicted molar refractivity (Wildman–Crippen MR) is 69.3 cm³/mol. The second kappa shape index (κ2) is 4.41. The summed E-state index contributed by atoms with van der Waals surface area (Å²) in [6, 6.07) is 15.8. The Bertz CT molecular complexity index is 644. The maximum absolute atomic E-state index is 4.33. The van der Waals surface area contributed by atoms with Gasteiger partial charge in [-0.3, -0.25) is 9.55 Å². The summed E-state index contributed by atoms with van der Waals surface area (Å²) in [5, 5.41) is 8.36. The molecule has 0 N–H and O–H groups in total. The first-order chi connectivity index (χ1) is 8.86. The Labute approximate surface area is 105 Å². The lowest BCUT2D eigenvalue weighted by Crippen LogP contribution is -2.00. The topological polar surface area (TPSA) is 43.6 Å². The number of aryl methyl sites for hydroxylation is 1. The van der Waals surface area contributed by atoms with Crippen LogP contribution in [0.3, 0.4) is 0 Å². The molecule has 0 aliphatic rings. The maximum atomic E-state index is 4.33. The summed E-state index contributed by atoms with van der Waals surface area (Å²) in [4.78, 5) is 4.33. The molecule has 0 saturated carbocycles. The van der Waals surface area contributed by atoms with Gasteiger partial charge < -0.3 is 0 Å². The molecule has 0 atom stereocenters. The van der Waals surface area contributed by atoms with E-state index in [2.05, 4.69) is 15.2 Å². The van der Waals surface area contributed by atoms with Crippen LogP contribution in [-0.4, -0.2) is 19.7 Å². The van der Waals surface area contributed by atoms with E-state index in [0.29, 0.717) is 0 Å². The third-order valence-corrected chi connectivity index (χ3v) is 2.73. The molecule has 0 saturated heterocycles. The molecule has 0 fully saturated rings. The number of pyridine rings is 1. The van der Waals surface area contributed by atoms with Crippen LogP contribution >= 0.6 is 0 Å². The van der Waals surface area contributed by atoms with Crippen LogP contribution < -0.4 is 0 Å². The van der Waals surface area contributed by atoms with Gasteiger partial charge in [0.1, 0.15) is 11.5 Å². The summed E-state index contributed by atoms with van der Waals surface area (Å²) in [6.07, 6.45) is 1.76. The number of benzene rings is 1. The van der Waals surface area contributed by atoms with Crippen molar-refractivity contribution >= 4 is 0 Å². The molecule has 0 spiro atoms. The van der Waals surface area contributed by atoms with Gasteiger partial charge in [-0.1, -0.05) is 24.3 Å². The zero-order valence-corrected chi connectivity index (χ0v) is 9.99. The van der Waals surface area contributed by atoms with Crippen molar-refractivity contribution in [3.8, 4) is 17.2 Å². The largest absolute Gasteiger partial charge is 0.278 e. The molecule has 2 aromatic heterocycles. The van der Waals surface area contributed by atoms with Gasteiger partial charge in [-0.05, 0) is 31.2 Å². The minimum atomic E-state index is 0.763. The molecule has 4 nitrogen and oxygen atoms in total. The van der Waals surface area contributed by atoms with Crippen molar-refractivity contribution in [3.63, 3.8) is 0 Å². The van der Waals surface area contributed by atoms with E-state index in [1.807, 2.05) is 60.0 Å². The lowest BCUT2D eigenvalue weighted by Gasteiger charge is -2.07. The van der Waals surface area contributed by atoms with Crippen molar-refractivity contribution in [2.45, 2.75) is 6.92 Å². The van der Waals surface area contributed by atoms with Gasteiger partial charge in [-0.2, -0.15) is 0 Å². The first kappa shape index (κ1) is 10.7. The fourth-order valence-electron chi connectivity index (χ4n) is 1.91. The van der Waals surface area contributed by atoms with Crippen molar-refractivity contribution in [3.05, 3.63) is 60.6 Å². The molecule has 0 radical (unpaired) electrons. The molecule has 4 heteroatoms. The molecule has 1 aromatic carbocycles. The van der Waals surface area contributed by atoms with Gasteiger partial charge in [0.2, 0.25) is 0 Å². The van der Waals surface area contributed by atoms with Gasteiger partial charge in [0.15, 0.2) is 5.82 Å². The highest BCUT2D eigenvalue weighted by molar-refractivity contribution is 5.53. The average Bonchev–Trinajstić information content (AvgIpc) is 2.83. The Morgan fingerprint density at radius 3 is 2.39 bits per heavy atom. The SMILES string of the molecule is Cc1nnc(-c2ccccn2)n1-c1ccccc1. The number of aromatic nitrogens is 4. The summed E-state index contributed by atoms with van der Waals surface area (Å²) < 4.78 is 2.00. The van der Waals surface area contributed by atoms with E-state index >= 15 is 0 Å². The van der Waals surface area contributed by atoms with E-state index < -0.39 is 0 Å². The first-order valence-corrected chi connectivity index (χ1v) is 5.75. The summed E-state index contributed by atoms with van der Waals surface area (Å²) in [6.45, 7) is 1.94. The zero-order valence-electron chi connectivity index (χ0n) is 9.99. The Balaban J connectivity index is 2.19. The summed E-state index contributed by atoms with van der Waals surface area (Å²) >= 11 is 0. The van der Waals surface area contributed by atoms with Crippen LogP contribution in [0.2, 0.25) is 0 Å². The minimum Gasteiger partial charge on any atom is -0.278 e. The van der Waals surface area contributed by atoms with E-state index in [-0.39, 0.29) is 0 Å². The Morgan fingerprint density at radius 1 is 0.889 bits per heavy atom. The minimum absolute atomic E-state index is 0.763. The highest BCUT2D eigenvalue weighted by Crippen LogP contribution is 2.20. The van der Waals surface area contributed by atoms with Crippen molar-refractivity contribution in [2.24, 2.45) is 0 Å². The number of hydrogen-bond donors (Lipinski definition) is 0. The van der Waals surface area contributed by atoms with Crippen molar-refractivity contribution in [2.75, 3.05) is 0 Å². The highest BCUT2D eigenvalue weighted by Gasteiger charge is 2.12. The van der Waals surface area contributed by atoms with E-state index in [0.717, 1.165) is 23.0 Å². The lowest BCUT2D eigenvalue weighted by molar-refractivity contribution is 0.970. The Kier molecular flexibility index (Phi) is 2.61. The van der Waals surface area contributed by atoms with Crippen molar-refractivity contribution < 1.29 is 0 Å². The second-order valence-electron chi connectivity index (χ2n) is 3.96. The van der Waals surface area contributed by atoms with Crippen LogP contribution in [0.4, 0.5) is 0 Å². The van der Waals surface area contributed by atoms with Crippen LogP contribution in [0.5, 0.6) is 0 Å². The van der Waals surface area contributed by atoms with E-state index in [1.165, 1.54) is 0 Å². The molecule has 0 aliphatic heterocycles. The zero-order chi connectivity index (χ0) is 12.4. The molecule has 0 bridgehead atoms. The molecule has 88 valence electrons. The molecule has 2 heterocycles. The van der Waals surface area contributed by atoms with E-state index in [1.54, 1.807) is 6.20 Å².